The lowest BCUT2D eigenvalue weighted by Crippen LogP contribution is -2.28. The van der Waals surface area contributed by atoms with Gasteiger partial charge in [0.15, 0.2) is 0 Å². The van der Waals surface area contributed by atoms with Crippen molar-refractivity contribution in [3.63, 3.8) is 0 Å². The summed E-state index contributed by atoms with van der Waals surface area (Å²) in [6.07, 6.45) is 1.50. The van der Waals surface area contributed by atoms with Crippen LogP contribution < -0.4 is 11.1 Å². The summed E-state index contributed by atoms with van der Waals surface area (Å²) in [5.74, 6) is 0.912. The van der Waals surface area contributed by atoms with Crippen molar-refractivity contribution >= 4 is 28.8 Å². The highest BCUT2D eigenvalue weighted by Gasteiger charge is 2.14. The van der Waals surface area contributed by atoms with Crippen molar-refractivity contribution in [3.8, 4) is 0 Å². The van der Waals surface area contributed by atoms with E-state index in [0.29, 0.717) is 25.4 Å². The Morgan fingerprint density at radius 3 is 2.72 bits per heavy atom. The van der Waals surface area contributed by atoms with Crippen LogP contribution in [0, 0.1) is 11.8 Å². The van der Waals surface area contributed by atoms with Gasteiger partial charge in [0, 0.05) is 11.3 Å². The molecule has 0 aliphatic carbocycles. The summed E-state index contributed by atoms with van der Waals surface area (Å²) in [6.45, 7) is 5.41. The number of hydrogen-bond acceptors (Lipinski definition) is 3. The molecule has 1 aromatic heterocycles. The van der Waals surface area contributed by atoms with E-state index in [1.807, 2.05) is 12.1 Å². The summed E-state index contributed by atoms with van der Waals surface area (Å²) < 4.78 is 0.749. The maximum absolute atomic E-state index is 11.8. The van der Waals surface area contributed by atoms with E-state index in [-0.39, 0.29) is 11.8 Å². The Balaban J connectivity index is 2.32. The van der Waals surface area contributed by atoms with Crippen molar-refractivity contribution in [2.45, 2.75) is 33.2 Å². The first kappa shape index (κ1) is 15.5. The second kappa shape index (κ2) is 7.77. The van der Waals surface area contributed by atoms with Crippen LogP contribution >= 0.6 is 22.9 Å². The van der Waals surface area contributed by atoms with E-state index in [2.05, 4.69) is 19.2 Å². The number of carbonyl (C=O) groups excluding carboxylic acids is 1. The molecule has 3 N–H and O–H groups in total. The van der Waals surface area contributed by atoms with Gasteiger partial charge in [0.2, 0.25) is 5.91 Å². The highest BCUT2D eigenvalue weighted by molar-refractivity contribution is 7.16. The topological polar surface area (TPSA) is 55.1 Å². The number of amides is 1. The molecular weight excluding hydrogens is 268 g/mol. The predicted molar refractivity (Wildman–Crippen MR) is 77.8 cm³/mol. The zero-order valence-corrected chi connectivity index (χ0v) is 12.5. The van der Waals surface area contributed by atoms with Crippen LogP contribution in [0.25, 0.3) is 0 Å². The van der Waals surface area contributed by atoms with E-state index in [1.165, 1.54) is 11.3 Å². The minimum Gasteiger partial charge on any atom is -0.351 e. The summed E-state index contributed by atoms with van der Waals surface area (Å²) in [5, 5.41) is 2.91. The molecule has 3 nitrogen and oxygen atoms in total. The molecule has 1 aromatic rings. The first-order valence-electron chi connectivity index (χ1n) is 6.22. The quantitative estimate of drug-likeness (QED) is 0.810. The molecule has 18 heavy (non-hydrogen) atoms. The van der Waals surface area contributed by atoms with E-state index < -0.39 is 0 Å². The molecule has 0 aromatic carbocycles. The van der Waals surface area contributed by atoms with Gasteiger partial charge in [0.1, 0.15) is 0 Å². The first-order valence-corrected chi connectivity index (χ1v) is 7.41. The average Bonchev–Trinajstić information content (AvgIpc) is 2.71. The van der Waals surface area contributed by atoms with Crippen LogP contribution in [0.15, 0.2) is 12.1 Å². The largest absolute Gasteiger partial charge is 0.351 e. The van der Waals surface area contributed by atoms with Crippen molar-refractivity contribution in [1.82, 2.24) is 5.32 Å². The summed E-state index contributed by atoms with van der Waals surface area (Å²) in [4.78, 5) is 12.8. The van der Waals surface area contributed by atoms with E-state index >= 15 is 0 Å². The van der Waals surface area contributed by atoms with Gasteiger partial charge < -0.3 is 11.1 Å². The van der Waals surface area contributed by atoms with Crippen molar-refractivity contribution in [3.05, 3.63) is 21.3 Å². The summed E-state index contributed by atoms with van der Waals surface area (Å²) in [6, 6.07) is 3.77. The van der Waals surface area contributed by atoms with Crippen molar-refractivity contribution < 1.29 is 4.79 Å². The Hall–Kier alpha value is -0.580. The Labute approximate surface area is 118 Å². The van der Waals surface area contributed by atoms with Crippen molar-refractivity contribution in [2.24, 2.45) is 17.6 Å². The standard InChI is InChI=1S/C13H21ClN2OS/c1-9(2)5-10(7-15)6-13(17)16-8-11-3-4-12(14)18-11/h3-4,9-10H,5-8,15H2,1-2H3,(H,16,17)/t10-/m0/s1. The zero-order valence-electron chi connectivity index (χ0n) is 10.9. The average molecular weight is 289 g/mol. The third-order valence-electron chi connectivity index (χ3n) is 2.70. The second-order valence-corrected chi connectivity index (χ2v) is 6.72. The fourth-order valence-corrected chi connectivity index (χ4v) is 2.92. The van der Waals surface area contributed by atoms with Crippen molar-refractivity contribution in [2.75, 3.05) is 6.54 Å². The smallest absolute Gasteiger partial charge is 0.220 e. The molecule has 0 aliphatic rings. The number of halogens is 1. The Morgan fingerprint density at radius 1 is 1.50 bits per heavy atom. The minimum absolute atomic E-state index is 0.0654. The molecule has 1 heterocycles. The van der Waals surface area contributed by atoms with Crippen LogP contribution in [-0.2, 0) is 11.3 Å². The van der Waals surface area contributed by atoms with Gasteiger partial charge in [-0.3, -0.25) is 4.79 Å². The third kappa shape index (κ3) is 5.85. The number of thiophene rings is 1. The maximum atomic E-state index is 11.8. The molecular formula is C13H21ClN2OS. The predicted octanol–water partition coefficient (Wildman–Crippen LogP) is 3.03. The molecule has 1 amide bonds. The Morgan fingerprint density at radius 2 is 2.22 bits per heavy atom. The summed E-state index contributed by atoms with van der Waals surface area (Å²) >= 11 is 7.32. The van der Waals surface area contributed by atoms with Crippen LogP contribution in [-0.4, -0.2) is 12.5 Å². The van der Waals surface area contributed by atoms with Gasteiger partial charge in [-0.15, -0.1) is 11.3 Å². The van der Waals surface area contributed by atoms with E-state index in [1.54, 1.807) is 0 Å². The molecule has 0 spiro atoms. The van der Waals surface area contributed by atoms with Crippen LogP contribution in [0.1, 0.15) is 31.6 Å². The highest BCUT2D eigenvalue weighted by Crippen LogP contribution is 2.21. The van der Waals surface area contributed by atoms with Crippen LogP contribution in [0.3, 0.4) is 0 Å². The zero-order chi connectivity index (χ0) is 13.5. The lowest BCUT2D eigenvalue weighted by atomic mass is 9.94. The van der Waals surface area contributed by atoms with E-state index in [4.69, 9.17) is 17.3 Å². The normalized spacial score (nSPS) is 12.7. The molecule has 0 radical (unpaired) electrons. The lowest BCUT2D eigenvalue weighted by molar-refractivity contribution is -0.122. The molecule has 5 heteroatoms. The molecule has 0 saturated heterocycles. The van der Waals surface area contributed by atoms with Gasteiger partial charge in [-0.2, -0.15) is 0 Å². The lowest BCUT2D eigenvalue weighted by Gasteiger charge is -2.16. The van der Waals surface area contributed by atoms with Gasteiger partial charge in [-0.05, 0) is 36.9 Å². The molecule has 0 unspecified atom stereocenters. The summed E-state index contributed by atoms with van der Waals surface area (Å²) in [7, 11) is 0. The van der Waals surface area contributed by atoms with Gasteiger partial charge in [-0.25, -0.2) is 0 Å². The Bertz CT molecular complexity index is 379. The fraction of sp³-hybridized carbons (Fsp3) is 0.615. The molecule has 0 saturated carbocycles. The van der Waals surface area contributed by atoms with Gasteiger partial charge in [-0.1, -0.05) is 25.4 Å². The molecule has 0 aliphatic heterocycles. The highest BCUT2D eigenvalue weighted by atomic mass is 35.5. The van der Waals surface area contributed by atoms with E-state index in [9.17, 15) is 4.79 Å². The van der Waals surface area contributed by atoms with Crippen LogP contribution in [0.5, 0.6) is 0 Å². The number of rotatable bonds is 7. The van der Waals surface area contributed by atoms with Crippen LogP contribution in [0.2, 0.25) is 4.34 Å². The van der Waals surface area contributed by atoms with Gasteiger partial charge in [0.05, 0.1) is 10.9 Å². The molecule has 0 fully saturated rings. The monoisotopic (exact) mass is 288 g/mol. The van der Waals surface area contributed by atoms with E-state index in [0.717, 1.165) is 15.6 Å². The number of nitrogens with two attached hydrogens (primary N) is 1. The maximum Gasteiger partial charge on any atom is 0.220 e. The third-order valence-corrected chi connectivity index (χ3v) is 3.93. The number of carbonyl (C=O) groups is 1. The minimum atomic E-state index is 0.0654. The molecule has 1 rings (SSSR count). The Kier molecular flexibility index (Phi) is 6.68. The SMILES string of the molecule is CC(C)C[C@H](CN)CC(=O)NCc1ccc(Cl)s1. The van der Waals surface area contributed by atoms with Crippen LogP contribution in [0.4, 0.5) is 0 Å². The fourth-order valence-electron chi connectivity index (χ4n) is 1.90. The summed E-state index contributed by atoms with van der Waals surface area (Å²) in [5.41, 5.74) is 5.68. The van der Waals surface area contributed by atoms with Gasteiger partial charge in [0.25, 0.3) is 0 Å². The molecule has 0 bridgehead atoms. The molecule has 1 atom stereocenters. The number of hydrogen-bond donors (Lipinski definition) is 2. The number of nitrogens with one attached hydrogen (secondary N) is 1. The van der Waals surface area contributed by atoms with Gasteiger partial charge >= 0.3 is 0 Å². The first-order chi connectivity index (χ1) is 8.51. The second-order valence-electron chi connectivity index (χ2n) is 4.92. The van der Waals surface area contributed by atoms with Crippen molar-refractivity contribution in [1.29, 1.82) is 0 Å². The molecule has 102 valence electrons.